The van der Waals surface area contributed by atoms with Crippen molar-refractivity contribution in [3.63, 3.8) is 0 Å². The van der Waals surface area contributed by atoms with Gasteiger partial charge in [0.2, 0.25) is 11.8 Å². The molecule has 0 radical (unpaired) electrons. The smallest absolute Gasteiger partial charge is 0.329 e. The molecule has 8 heteroatoms. The van der Waals surface area contributed by atoms with Crippen LogP contribution in [-0.2, 0) is 23.9 Å². The summed E-state index contributed by atoms with van der Waals surface area (Å²) >= 11 is 0. The Morgan fingerprint density at radius 3 is 2.04 bits per heavy atom. The van der Waals surface area contributed by atoms with E-state index in [1.807, 2.05) is 34.6 Å². The van der Waals surface area contributed by atoms with Crippen LogP contribution in [0.3, 0.4) is 0 Å². The number of methoxy groups -OCH3 is 1. The lowest BCUT2D eigenvalue weighted by molar-refractivity contribution is -0.153. The minimum atomic E-state index is -0.870. The van der Waals surface area contributed by atoms with E-state index in [0.717, 1.165) is 0 Å². The number of nitrogens with one attached hydrogen (secondary N) is 2. The molecule has 0 spiro atoms. The second kappa shape index (κ2) is 11.1. The molecule has 0 aliphatic rings. The van der Waals surface area contributed by atoms with E-state index in [2.05, 4.69) is 5.32 Å². The number of rotatable bonds is 10. The van der Waals surface area contributed by atoms with Crippen molar-refractivity contribution in [3.8, 4) is 0 Å². The van der Waals surface area contributed by atoms with Crippen LogP contribution >= 0.6 is 0 Å². The van der Waals surface area contributed by atoms with Gasteiger partial charge in [0.1, 0.15) is 12.6 Å². The zero-order chi connectivity index (χ0) is 20.5. The standard InChI is InChI=1S/C18H34N2O6/c1-11(2)10-13(12(3)15(21)20-24)16(22)19-14(18(4,5)6)17(23)26-9-8-25-7/h11-14,24H,8-10H2,1-7H3,(H,19,22)(H,20,21). The third-order valence-corrected chi connectivity index (χ3v) is 4.11. The number of esters is 1. The molecule has 0 aromatic rings. The number of hydrogen-bond donors (Lipinski definition) is 3. The number of hydroxylamine groups is 1. The van der Waals surface area contributed by atoms with Crippen molar-refractivity contribution >= 4 is 17.8 Å². The molecule has 2 amide bonds. The summed E-state index contributed by atoms with van der Waals surface area (Å²) in [7, 11) is 1.50. The quantitative estimate of drug-likeness (QED) is 0.231. The van der Waals surface area contributed by atoms with Crippen molar-refractivity contribution in [2.24, 2.45) is 23.2 Å². The third-order valence-electron chi connectivity index (χ3n) is 4.11. The Morgan fingerprint density at radius 1 is 1.04 bits per heavy atom. The molecule has 0 aliphatic carbocycles. The largest absolute Gasteiger partial charge is 0.462 e. The first kappa shape index (κ1) is 24.3. The Hall–Kier alpha value is -1.67. The molecular formula is C18H34N2O6. The van der Waals surface area contributed by atoms with E-state index < -0.39 is 41.1 Å². The van der Waals surface area contributed by atoms with Gasteiger partial charge in [-0.05, 0) is 17.8 Å². The molecule has 0 bridgehead atoms. The first-order valence-corrected chi connectivity index (χ1v) is 8.85. The second-order valence-corrected chi connectivity index (χ2v) is 7.97. The Morgan fingerprint density at radius 2 is 1.62 bits per heavy atom. The fourth-order valence-electron chi connectivity index (χ4n) is 2.52. The summed E-state index contributed by atoms with van der Waals surface area (Å²) in [5.74, 6) is -2.88. The van der Waals surface area contributed by atoms with E-state index in [1.54, 1.807) is 12.4 Å². The first-order valence-electron chi connectivity index (χ1n) is 8.85. The van der Waals surface area contributed by atoms with Gasteiger partial charge in [0, 0.05) is 18.9 Å². The number of hydrogen-bond acceptors (Lipinski definition) is 6. The van der Waals surface area contributed by atoms with Crippen molar-refractivity contribution in [1.82, 2.24) is 10.8 Å². The molecule has 0 aliphatic heterocycles. The van der Waals surface area contributed by atoms with Crippen LogP contribution in [0.25, 0.3) is 0 Å². The molecule has 0 saturated carbocycles. The third kappa shape index (κ3) is 8.14. The van der Waals surface area contributed by atoms with Crippen LogP contribution in [0.5, 0.6) is 0 Å². The Kier molecular flexibility index (Phi) is 10.4. The van der Waals surface area contributed by atoms with E-state index in [0.29, 0.717) is 6.42 Å². The molecule has 3 N–H and O–H groups in total. The molecule has 0 rings (SSSR count). The van der Waals surface area contributed by atoms with Gasteiger partial charge in [-0.3, -0.25) is 14.8 Å². The molecule has 0 aromatic heterocycles. The average molecular weight is 374 g/mol. The van der Waals surface area contributed by atoms with Crippen LogP contribution in [0.15, 0.2) is 0 Å². The maximum atomic E-state index is 12.8. The molecule has 3 unspecified atom stereocenters. The number of ether oxygens (including phenoxy) is 2. The van der Waals surface area contributed by atoms with E-state index in [1.165, 1.54) is 7.11 Å². The van der Waals surface area contributed by atoms with Crippen molar-refractivity contribution < 1.29 is 29.1 Å². The summed E-state index contributed by atoms with van der Waals surface area (Å²) in [5.41, 5.74) is 1.01. The molecule has 152 valence electrons. The Labute approximate surface area is 156 Å². The molecule has 26 heavy (non-hydrogen) atoms. The molecule has 0 saturated heterocycles. The van der Waals surface area contributed by atoms with Crippen LogP contribution in [0.4, 0.5) is 0 Å². The van der Waals surface area contributed by atoms with Crippen molar-refractivity contribution in [3.05, 3.63) is 0 Å². The molecule has 0 heterocycles. The van der Waals surface area contributed by atoms with Gasteiger partial charge in [0.25, 0.3) is 0 Å². The maximum absolute atomic E-state index is 12.8. The van der Waals surface area contributed by atoms with Crippen molar-refractivity contribution in [2.75, 3.05) is 20.3 Å². The molecule has 0 fully saturated rings. The fraction of sp³-hybridized carbons (Fsp3) is 0.833. The molecule has 8 nitrogen and oxygen atoms in total. The highest BCUT2D eigenvalue weighted by Gasteiger charge is 2.38. The Balaban J connectivity index is 5.32. The van der Waals surface area contributed by atoms with Crippen LogP contribution in [-0.4, -0.2) is 49.4 Å². The van der Waals surface area contributed by atoms with Crippen molar-refractivity contribution in [2.45, 2.75) is 54.0 Å². The average Bonchev–Trinajstić information content (AvgIpc) is 2.54. The molecular weight excluding hydrogens is 340 g/mol. The minimum absolute atomic E-state index is 0.0938. The lowest BCUT2D eigenvalue weighted by Crippen LogP contribution is -2.53. The van der Waals surface area contributed by atoms with Gasteiger partial charge in [0.05, 0.1) is 6.61 Å². The summed E-state index contributed by atoms with van der Waals surface area (Å²) in [6, 6.07) is -0.870. The van der Waals surface area contributed by atoms with E-state index in [4.69, 9.17) is 14.7 Å². The second-order valence-electron chi connectivity index (χ2n) is 7.97. The predicted molar refractivity (Wildman–Crippen MR) is 96.3 cm³/mol. The number of carbonyl (C=O) groups excluding carboxylic acids is 3. The normalized spacial score (nSPS) is 15.1. The first-order chi connectivity index (χ1) is 11.9. The van der Waals surface area contributed by atoms with Crippen LogP contribution in [0.1, 0.15) is 48.0 Å². The summed E-state index contributed by atoms with van der Waals surface area (Å²) in [5, 5.41) is 11.6. The SMILES string of the molecule is COCCOC(=O)C(NC(=O)C(CC(C)C)C(C)C(=O)NO)C(C)(C)C. The van der Waals surface area contributed by atoms with Crippen LogP contribution < -0.4 is 10.8 Å². The van der Waals surface area contributed by atoms with Gasteiger partial charge >= 0.3 is 5.97 Å². The highest BCUT2D eigenvalue weighted by atomic mass is 16.6. The number of carbonyl (C=O) groups is 3. The molecule has 3 atom stereocenters. The van der Waals surface area contributed by atoms with Gasteiger partial charge in [0.15, 0.2) is 0 Å². The topological polar surface area (TPSA) is 114 Å². The minimum Gasteiger partial charge on any atom is -0.462 e. The van der Waals surface area contributed by atoms with Gasteiger partial charge in [-0.1, -0.05) is 41.5 Å². The molecule has 0 aromatic carbocycles. The summed E-state index contributed by atoms with van der Waals surface area (Å²) in [4.78, 5) is 37.0. The number of amides is 2. The zero-order valence-electron chi connectivity index (χ0n) is 16.9. The zero-order valence-corrected chi connectivity index (χ0v) is 16.9. The van der Waals surface area contributed by atoms with Gasteiger partial charge in [-0.25, -0.2) is 10.3 Å². The highest BCUT2D eigenvalue weighted by molar-refractivity contribution is 5.90. The van der Waals surface area contributed by atoms with Gasteiger partial charge < -0.3 is 14.8 Å². The van der Waals surface area contributed by atoms with Crippen molar-refractivity contribution in [1.29, 1.82) is 0 Å². The monoisotopic (exact) mass is 374 g/mol. The lowest BCUT2D eigenvalue weighted by Gasteiger charge is -2.32. The van der Waals surface area contributed by atoms with E-state index >= 15 is 0 Å². The fourth-order valence-corrected chi connectivity index (χ4v) is 2.52. The van der Waals surface area contributed by atoms with Gasteiger partial charge in [-0.2, -0.15) is 0 Å². The predicted octanol–water partition coefficient (Wildman–Crippen LogP) is 1.51. The van der Waals surface area contributed by atoms with Crippen LogP contribution in [0.2, 0.25) is 0 Å². The lowest BCUT2D eigenvalue weighted by atomic mass is 9.83. The highest BCUT2D eigenvalue weighted by Crippen LogP contribution is 2.25. The van der Waals surface area contributed by atoms with Gasteiger partial charge in [-0.15, -0.1) is 0 Å². The maximum Gasteiger partial charge on any atom is 0.329 e. The van der Waals surface area contributed by atoms with E-state index in [-0.39, 0.29) is 19.1 Å². The summed E-state index contributed by atoms with van der Waals surface area (Å²) in [6.07, 6.45) is 0.440. The summed E-state index contributed by atoms with van der Waals surface area (Å²) in [6.45, 7) is 11.2. The van der Waals surface area contributed by atoms with E-state index in [9.17, 15) is 14.4 Å². The van der Waals surface area contributed by atoms with Crippen LogP contribution in [0, 0.1) is 23.2 Å². The summed E-state index contributed by atoms with van der Waals surface area (Å²) < 4.78 is 10.0. The Bertz CT molecular complexity index is 473.